The smallest absolute Gasteiger partial charge is 0.262 e. The van der Waals surface area contributed by atoms with Gasteiger partial charge in [0.1, 0.15) is 0 Å². The van der Waals surface area contributed by atoms with Crippen LogP contribution in [0.2, 0.25) is 0 Å². The Morgan fingerprint density at radius 3 is 2.45 bits per heavy atom. The highest BCUT2D eigenvalue weighted by molar-refractivity contribution is 6.05. The average Bonchev–Trinajstić information content (AvgIpc) is 2.74. The van der Waals surface area contributed by atoms with Gasteiger partial charge in [-0.05, 0) is 11.6 Å². The highest BCUT2D eigenvalue weighted by atomic mass is 16.3. The first kappa shape index (κ1) is 12.6. The molecule has 0 aliphatic carbocycles. The van der Waals surface area contributed by atoms with Gasteiger partial charge >= 0.3 is 0 Å². The van der Waals surface area contributed by atoms with Gasteiger partial charge in [0.05, 0.1) is 0 Å². The molecule has 1 aliphatic rings. The Balaban J connectivity index is 2.16. The van der Waals surface area contributed by atoms with Crippen molar-refractivity contribution in [3.8, 4) is 0 Å². The van der Waals surface area contributed by atoms with Crippen LogP contribution in [-0.4, -0.2) is 11.0 Å². The maximum atomic E-state index is 12.3. The number of rotatable bonds is 3. The Bertz CT molecular complexity index is 666. The second-order valence-electron chi connectivity index (χ2n) is 4.89. The predicted octanol–water partition coefficient (Wildman–Crippen LogP) is 2.80. The summed E-state index contributed by atoms with van der Waals surface area (Å²) in [5.74, 6) is -0.903. The van der Waals surface area contributed by atoms with Gasteiger partial charge in [-0.2, -0.15) is 0 Å². The van der Waals surface area contributed by atoms with E-state index in [1.54, 1.807) is 18.2 Å². The monoisotopic (exact) mass is 265 g/mol. The molecule has 20 heavy (non-hydrogen) atoms. The third-order valence-electron chi connectivity index (χ3n) is 3.78. The highest BCUT2D eigenvalue weighted by Gasteiger charge is 2.50. The largest absolute Gasteiger partial charge is 0.374 e. The van der Waals surface area contributed by atoms with E-state index in [2.05, 4.69) is 11.9 Å². The number of para-hydroxylation sites is 1. The fraction of sp³-hybridized carbons (Fsp3) is 0.118. The molecule has 2 aromatic rings. The van der Waals surface area contributed by atoms with Gasteiger partial charge in [0.15, 0.2) is 5.60 Å². The number of aliphatic hydroxyl groups is 1. The lowest BCUT2D eigenvalue weighted by Gasteiger charge is -2.29. The van der Waals surface area contributed by atoms with Crippen LogP contribution in [0, 0.1) is 0 Å². The molecule has 1 aliphatic heterocycles. The van der Waals surface area contributed by atoms with Gasteiger partial charge in [0.25, 0.3) is 5.91 Å². The molecule has 0 spiro atoms. The van der Waals surface area contributed by atoms with E-state index in [1.165, 1.54) is 0 Å². The fourth-order valence-corrected chi connectivity index (χ4v) is 2.78. The Morgan fingerprint density at radius 2 is 1.75 bits per heavy atom. The number of anilines is 1. The van der Waals surface area contributed by atoms with Crippen molar-refractivity contribution in [2.75, 3.05) is 5.32 Å². The van der Waals surface area contributed by atoms with Gasteiger partial charge in [-0.3, -0.25) is 4.79 Å². The van der Waals surface area contributed by atoms with E-state index in [9.17, 15) is 9.90 Å². The molecule has 0 fully saturated rings. The molecule has 2 N–H and O–H groups in total. The van der Waals surface area contributed by atoms with Gasteiger partial charge in [-0.15, -0.1) is 6.58 Å². The van der Waals surface area contributed by atoms with E-state index in [-0.39, 0.29) is 0 Å². The zero-order chi connectivity index (χ0) is 14.2. The van der Waals surface area contributed by atoms with Crippen LogP contribution in [0.3, 0.4) is 0 Å². The zero-order valence-electron chi connectivity index (χ0n) is 10.9. The van der Waals surface area contributed by atoms with E-state index >= 15 is 0 Å². The molecule has 0 saturated heterocycles. The van der Waals surface area contributed by atoms with Crippen molar-refractivity contribution in [2.24, 2.45) is 0 Å². The van der Waals surface area contributed by atoms with E-state index in [0.29, 0.717) is 11.3 Å². The first-order chi connectivity index (χ1) is 9.67. The van der Waals surface area contributed by atoms with Crippen molar-refractivity contribution in [3.05, 3.63) is 78.4 Å². The van der Waals surface area contributed by atoms with Gasteiger partial charge < -0.3 is 10.4 Å². The third-order valence-corrected chi connectivity index (χ3v) is 3.78. The molecule has 2 aromatic carbocycles. The minimum atomic E-state index is -1.61. The minimum Gasteiger partial charge on any atom is -0.374 e. The Kier molecular flexibility index (Phi) is 2.92. The normalized spacial score (nSPS) is 21.9. The maximum Gasteiger partial charge on any atom is 0.262 e. The summed E-state index contributed by atoms with van der Waals surface area (Å²) >= 11 is 0. The third kappa shape index (κ3) is 1.67. The van der Waals surface area contributed by atoms with Gasteiger partial charge in [0, 0.05) is 17.2 Å². The summed E-state index contributed by atoms with van der Waals surface area (Å²) in [6.45, 7) is 3.79. The van der Waals surface area contributed by atoms with Crippen LogP contribution < -0.4 is 5.32 Å². The number of carbonyl (C=O) groups excluding carboxylic acids is 1. The molecule has 3 rings (SSSR count). The summed E-state index contributed by atoms with van der Waals surface area (Å²) in [5, 5.41) is 13.8. The number of benzene rings is 2. The van der Waals surface area contributed by atoms with Gasteiger partial charge in [0.2, 0.25) is 0 Å². The van der Waals surface area contributed by atoms with E-state index in [1.807, 2.05) is 42.5 Å². The molecule has 0 saturated carbocycles. The molecule has 1 amide bonds. The van der Waals surface area contributed by atoms with Crippen molar-refractivity contribution in [1.29, 1.82) is 0 Å². The van der Waals surface area contributed by atoms with Crippen molar-refractivity contribution in [3.63, 3.8) is 0 Å². The van der Waals surface area contributed by atoms with Crippen molar-refractivity contribution >= 4 is 11.6 Å². The van der Waals surface area contributed by atoms with Crippen LogP contribution in [0.15, 0.2) is 67.3 Å². The summed E-state index contributed by atoms with van der Waals surface area (Å²) < 4.78 is 0. The molecule has 0 bridgehead atoms. The van der Waals surface area contributed by atoms with Crippen molar-refractivity contribution in [1.82, 2.24) is 0 Å². The maximum absolute atomic E-state index is 12.3. The van der Waals surface area contributed by atoms with Crippen LogP contribution in [0.4, 0.5) is 5.69 Å². The van der Waals surface area contributed by atoms with Crippen LogP contribution in [-0.2, 0) is 10.4 Å². The van der Waals surface area contributed by atoms with Gasteiger partial charge in [-0.1, -0.05) is 54.6 Å². The second kappa shape index (κ2) is 4.62. The standard InChI is InChI=1S/C17H15NO2/c1-2-13(12-8-4-3-5-9-12)17(20)14-10-6-7-11-15(14)18-16(17)19/h2-11,13,20H,1H2,(H,18,19). The Hall–Kier alpha value is -2.39. The Morgan fingerprint density at radius 1 is 1.10 bits per heavy atom. The van der Waals surface area contributed by atoms with E-state index in [0.717, 1.165) is 5.56 Å². The lowest BCUT2D eigenvalue weighted by Crippen LogP contribution is -2.39. The molecule has 100 valence electrons. The molecule has 3 heteroatoms. The number of hydrogen-bond donors (Lipinski definition) is 2. The van der Waals surface area contributed by atoms with Crippen LogP contribution in [0.25, 0.3) is 0 Å². The summed E-state index contributed by atoms with van der Waals surface area (Å²) in [5.41, 5.74) is 0.498. The number of nitrogens with one attached hydrogen (secondary N) is 1. The molecular weight excluding hydrogens is 250 g/mol. The lowest BCUT2D eigenvalue weighted by atomic mass is 9.78. The van der Waals surface area contributed by atoms with Crippen LogP contribution in [0.1, 0.15) is 17.0 Å². The molecule has 1 heterocycles. The molecular formula is C17H15NO2. The fourth-order valence-electron chi connectivity index (χ4n) is 2.78. The molecule has 0 aromatic heterocycles. The number of carbonyl (C=O) groups is 1. The van der Waals surface area contributed by atoms with Gasteiger partial charge in [-0.25, -0.2) is 0 Å². The van der Waals surface area contributed by atoms with Crippen LogP contribution in [0.5, 0.6) is 0 Å². The second-order valence-corrected chi connectivity index (χ2v) is 4.89. The van der Waals surface area contributed by atoms with E-state index in [4.69, 9.17) is 0 Å². The Labute approximate surface area is 117 Å². The summed E-state index contributed by atoms with van der Waals surface area (Å²) in [6.07, 6.45) is 1.62. The summed E-state index contributed by atoms with van der Waals surface area (Å²) in [4.78, 5) is 12.3. The first-order valence-corrected chi connectivity index (χ1v) is 6.48. The lowest BCUT2D eigenvalue weighted by molar-refractivity contribution is -0.134. The average molecular weight is 265 g/mol. The summed E-state index contributed by atoms with van der Waals surface area (Å²) in [7, 11) is 0. The molecule has 2 atom stereocenters. The zero-order valence-corrected chi connectivity index (χ0v) is 10.9. The molecule has 2 unspecified atom stereocenters. The number of hydrogen-bond acceptors (Lipinski definition) is 2. The quantitative estimate of drug-likeness (QED) is 0.838. The first-order valence-electron chi connectivity index (χ1n) is 6.48. The van der Waals surface area contributed by atoms with Crippen LogP contribution >= 0.6 is 0 Å². The van der Waals surface area contributed by atoms with E-state index < -0.39 is 17.4 Å². The van der Waals surface area contributed by atoms with Crippen molar-refractivity contribution < 1.29 is 9.90 Å². The number of amides is 1. The molecule has 0 radical (unpaired) electrons. The highest BCUT2D eigenvalue weighted by Crippen LogP contribution is 2.45. The molecule has 3 nitrogen and oxygen atoms in total. The SMILES string of the molecule is C=CC(c1ccccc1)C1(O)C(=O)Nc2ccccc21. The predicted molar refractivity (Wildman–Crippen MR) is 78.3 cm³/mol. The topological polar surface area (TPSA) is 49.3 Å². The van der Waals surface area contributed by atoms with Crippen molar-refractivity contribution in [2.45, 2.75) is 11.5 Å². The number of fused-ring (bicyclic) bond motifs is 1. The minimum absolute atomic E-state index is 0.410. The summed E-state index contributed by atoms with van der Waals surface area (Å²) in [6, 6.07) is 16.6.